The van der Waals surface area contributed by atoms with Gasteiger partial charge in [-0.05, 0) is 65.9 Å². The van der Waals surface area contributed by atoms with E-state index in [-0.39, 0.29) is 23.1 Å². The highest BCUT2D eigenvalue weighted by Gasteiger charge is 2.23. The molecule has 4 aromatic rings. The van der Waals surface area contributed by atoms with Gasteiger partial charge in [-0.1, -0.05) is 71.9 Å². The van der Waals surface area contributed by atoms with Crippen LogP contribution < -0.4 is 20.9 Å². The zero-order chi connectivity index (χ0) is 30.4. The number of nitrogens with zero attached hydrogens (tertiary/aromatic N) is 3. The number of likely N-dealkylation sites (N-methyl/N-ethyl adjacent to an activating group) is 1. The molecule has 0 saturated heterocycles. The Hall–Kier alpha value is -4.17. The van der Waals surface area contributed by atoms with E-state index in [0.29, 0.717) is 30.0 Å². The van der Waals surface area contributed by atoms with E-state index in [1.165, 1.54) is 0 Å². The fourth-order valence-corrected chi connectivity index (χ4v) is 5.42. The normalized spacial score (nSPS) is 11.5. The molecule has 0 bridgehead atoms. The number of anilines is 2. The Labute approximate surface area is 248 Å². The van der Waals surface area contributed by atoms with E-state index in [1.54, 1.807) is 17.9 Å². The van der Waals surface area contributed by atoms with Crippen LogP contribution in [0, 0.1) is 0 Å². The van der Waals surface area contributed by atoms with E-state index >= 15 is 0 Å². The predicted octanol–water partition coefficient (Wildman–Crippen LogP) is 7.30. The second kappa shape index (κ2) is 13.7. The summed E-state index contributed by atoms with van der Waals surface area (Å²) in [6.07, 6.45) is 1.70. The minimum atomic E-state index is -0.468. The Morgan fingerprint density at radius 2 is 1.57 bits per heavy atom. The van der Waals surface area contributed by atoms with Crippen LogP contribution in [-0.2, 0) is 6.54 Å². The molecule has 2 aromatic heterocycles. The van der Waals surface area contributed by atoms with Crippen molar-refractivity contribution in [2.45, 2.75) is 59.9 Å². The highest BCUT2D eigenvalue weighted by Crippen LogP contribution is 2.36. The molecule has 2 amide bonds. The molecule has 0 aliphatic rings. The Morgan fingerprint density at radius 1 is 0.929 bits per heavy atom. The van der Waals surface area contributed by atoms with Crippen molar-refractivity contribution in [2.24, 2.45) is 0 Å². The number of benzene rings is 2. The zero-order valence-corrected chi connectivity index (χ0v) is 25.8. The Morgan fingerprint density at radius 3 is 2.19 bits per heavy atom. The number of urea groups is 1. The van der Waals surface area contributed by atoms with Crippen LogP contribution in [0.2, 0.25) is 0 Å². The van der Waals surface area contributed by atoms with Gasteiger partial charge in [-0.25, -0.2) is 9.78 Å². The van der Waals surface area contributed by atoms with Crippen molar-refractivity contribution < 1.29 is 9.53 Å². The summed E-state index contributed by atoms with van der Waals surface area (Å²) in [6.45, 7) is 15.5. The number of carbonyl (C=O) groups excluding carboxylic acids is 1. The molecule has 8 nitrogen and oxygen atoms in total. The minimum absolute atomic E-state index is 0.203. The number of amides is 2. The number of para-hydroxylation sites is 1. The SMILES string of the molecule is CCN(CC)CCn1c(=O)c(NC(=O)Nc2c(C(C)C)cccc2C(C)C)c(-c2cccc(OC)c2)c2cccnc21. The first-order valence-corrected chi connectivity index (χ1v) is 14.8. The molecule has 4 rings (SSSR count). The average Bonchev–Trinajstić information content (AvgIpc) is 2.99. The molecule has 2 aromatic carbocycles. The predicted molar refractivity (Wildman–Crippen MR) is 173 cm³/mol. The molecular formula is C34H43N5O3. The van der Waals surface area contributed by atoms with Crippen molar-refractivity contribution in [3.63, 3.8) is 0 Å². The van der Waals surface area contributed by atoms with Gasteiger partial charge in [-0.3, -0.25) is 9.36 Å². The van der Waals surface area contributed by atoms with Crippen molar-refractivity contribution in [1.82, 2.24) is 14.5 Å². The topological polar surface area (TPSA) is 88.5 Å². The van der Waals surface area contributed by atoms with E-state index in [2.05, 4.69) is 62.1 Å². The first-order chi connectivity index (χ1) is 20.2. The highest BCUT2D eigenvalue weighted by atomic mass is 16.5. The van der Waals surface area contributed by atoms with Gasteiger partial charge in [0.25, 0.3) is 5.56 Å². The highest BCUT2D eigenvalue weighted by molar-refractivity contribution is 6.07. The molecule has 0 spiro atoms. The summed E-state index contributed by atoms with van der Waals surface area (Å²) in [5.41, 5.74) is 4.71. The zero-order valence-electron chi connectivity index (χ0n) is 25.8. The molecule has 8 heteroatoms. The van der Waals surface area contributed by atoms with Gasteiger partial charge in [0.15, 0.2) is 0 Å². The maximum atomic E-state index is 14.3. The minimum Gasteiger partial charge on any atom is -0.497 e. The fourth-order valence-electron chi connectivity index (χ4n) is 5.42. The van der Waals surface area contributed by atoms with Gasteiger partial charge in [0.05, 0.1) is 7.11 Å². The van der Waals surface area contributed by atoms with E-state index in [9.17, 15) is 9.59 Å². The van der Waals surface area contributed by atoms with Gasteiger partial charge in [-0.15, -0.1) is 0 Å². The number of hydrogen-bond acceptors (Lipinski definition) is 5. The van der Waals surface area contributed by atoms with Crippen LogP contribution in [0.1, 0.15) is 64.5 Å². The number of nitrogens with one attached hydrogen (secondary N) is 2. The van der Waals surface area contributed by atoms with Gasteiger partial charge >= 0.3 is 6.03 Å². The Bertz CT molecular complexity index is 1580. The standard InChI is InChI=1S/C34H43N5O3/c1-8-38(9-2)19-20-39-32-28(17-12-18-35-32)29(24-13-10-14-25(21-24)42-7)31(33(39)40)37-34(41)36-30-26(22(3)4)15-11-16-27(30)23(5)6/h10-18,21-23H,8-9,19-20H2,1-7H3,(H2,36,37,41). The third-order valence-corrected chi connectivity index (χ3v) is 7.76. The van der Waals surface area contributed by atoms with E-state index in [4.69, 9.17) is 4.74 Å². The van der Waals surface area contributed by atoms with E-state index in [1.807, 2.05) is 54.6 Å². The number of hydrogen-bond donors (Lipinski definition) is 2. The van der Waals surface area contributed by atoms with Gasteiger partial charge in [0.2, 0.25) is 0 Å². The summed E-state index contributed by atoms with van der Waals surface area (Å²) in [4.78, 5) is 35.0. The molecule has 0 aliphatic heterocycles. The monoisotopic (exact) mass is 569 g/mol. The summed E-state index contributed by atoms with van der Waals surface area (Å²) in [5.74, 6) is 1.06. The molecule has 2 N–H and O–H groups in total. The molecule has 0 aliphatic carbocycles. The molecule has 0 fully saturated rings. The van der Waals surface area contributed by atoms with Crippen LogP contribution in [0.25, 0.3) is 22.2 Å². The lowest BCUT2D eigenvalue weighted by molar-refractivity contribution is 0.262. The lowest BCUT2D eigenvalue weighted by atomic mass is 9.93. The molecule has 222 valence electrons. The first kappa shape index (κ1) is 30.8. The van der Waals surface area contributed by atoms with Crippen molar-refractivity contribution in [1.29, 1.82) is 0 Å². The van der Waals surface area contributed by atoms with Gasteiger partial charge in [0.1, 0.15) is 17.1 Å². The third-order valence-electron chi connectivity index (χ3n) is 7.76. The van der Waals surface area contributed by atoms with Crippen molar-refractivity contribution in [3.05, 3.63) is 82.3 Å². The van der Waals surface area contributed by atoms with E-state index in [0.717, 1.165) is 40.9 Å². The third kappa shape index (κ3) is 6.49. The molecule has 2 heterocycles. The van der Waals surface area contributed by atoms with Crippen molar-refractivity contribution >= 4 is 28.4 Å². The maximum absolute atomic E-state index is 14.3. The quantitative estimate of drug-likeness (QED) is 0.198. The van der Waals surface area contributed by atoms with E-state index < -0.39 is 6.03 Å². The number of aromatic nitrogens is 2. The van der Waals surface area contributed by atoms with Crippen LogP contribution in [0.5, 0.6) is 5.75 Å². The summed E-state index contributed by atoms with van der Waals surface area (Å²) in [5, 5.41) is 6.86. The second-order valence-corrected chi connectivity index (χ2v) is 11.0. The lowest BCUT2D eigenvalue weighted by Crippen LogP contribution is -2.34. The maximum Gasteiger partial charge on any atom is 0.323 e. The largest absolute Gasteiger partial charge is 0.497 e. The summed E-state index contributed by atoms with van der Waals surface area (Å²) >= 11 is 0. The van der Waals surface area contributed by atoms with Crippen molar-refractivity contribution in [2.75, 3.05) is 37.4 Å². The smallest absolute Gasteiger partial charge is 0.323 e. The van der Waals surface area contributed by atoms with Crippen molar-refractivity contribution in [3.8, 4) is 16.9 Å². The molecule has 0 radical (unpaired) electrons. The molecule has 42 heavy (non-hydrogen) atoms. The second-order valence-electron chi connectivity index (χ2n) is 11.0. The van der Waals surface area contributed by atoms with Gasteiger partial charge < -0.3 is 20.3 Å². The number of methoxy groups -OCH3 is 1. The van der Waals surface area contributed by atoms with Crippen LogP contribution >= 0.6 is 0 Å². The summed E-state index contributed by atoms with van der Waals surface area (Å²) in [6, 6.07) is 16.9. The molecule has 0 unspecified atom stereocenters. The number of fused-ring (bicyclic) bond motifs is 1. The molecular weight excluding hydrogens is 526 g/mol. The number of carbonyl (C=O) groups is 1. The van der Waals surface area contributed by atoms with Gasteiger partial charge in [-0.2, -0.15) is 0 Å². The molecule has 0 atom stereocenters. The first-order valence-electron chi connectivity index (χ1n) is 14.8. The van der Waals surface area contributed by atoms with Crippen LogP contribution in [0.15, 0.2) is 65.6 Å². The fraction of sp³-hybridized carbons (Fsp3) is 0.382. The Balaban J connectivity index is 1.89. The number of pyridine rings is 2. The average molecular weight is 570 g/mol. The van der Waals surface area contributed by atoms with Gasteiger partial charge in [0, 0.05) is 35.9 Å². The molecule has 0 saturated carbocycles. The summed E-state index contributed by atoms with van der Waals surface area (Å²) in [7, 11) is 1.61. The van der Waals surface area contributed by atoms with Crippen LogP contribution in [0.3, 0.4) is 0 Å². The number of ether oxygens (including phenoxy) is 1. The van der Waals surface area contributed by atoms with Crippen LogP contribution in [0.4, 0.5) is 16.2 Å². The number of rotatable bonds is 11. The Kier molecular flexibility index (Phi) is 10.0. The lowest BCUT2D eigenvalue weighted by Gasteiger charge is -2.23. The van der Waals surface area contributed by atoms with Crippen LogP contribution in [-0.4, -0.2) is 47.2 Å². The summed E-state index contributed by atoms with van der Waals surface area (Å²) < 4.78 is 7.17.